The zero-order valence-corrected chi connectivity index (χ0v) is 21.5. The fourth-order valence-corrected chi connectivity index (χ4v) is 6.87. The number of halogens is 1. The third-order valence-corrected chi connectivity index (χ3v) is 9.24. The summed E-state index contributed by atoms with van der Waals surface area (Å²) >= 11 is 0. The summed E-state index contributed by atoms with van der Waals surface area (Å²) in [6, 6.07) is 8.82. The second-order valence-electron chi connectivity index (χ2n) is 10.2. The zero-order valence-electron chi connectivity index (χ0n) is 20.7. The molecule has 5 rings (SSSR count). The molecule has 0 bridgehead atoms. The third-order valence-electron chi connectivity index (χ3n) is 7.77. The fraction of sp³-hybridized carbons (Fsp3) is 0.481. The van der Waals surface area contributed by atoms with E-state index in [0.717, 1.165) is 31.5 Å². The van der Waals surface area contributed by atoms with E-state index in [1.165, 1.54) is 31.7 Å². The molecule has 7 nitrogen and oxygen atoms in total. The minimum atomic E-state index is -3.62. The van der Waals surface area contributed by atoms with Gasteiger partial charge in [0, 0.05) is 35.3 Å². The minimum absolute atomic E-state index is 0.0418. The van der Waals surface area contributed by atoms with Crippen LogP contribution in [-0.4, -0.2) is 42.0 Å². The molecule has 3 heterocycles. The van der Waals surface area contributed by atoms with Crippen LogP contribution < -0.4 is 10.0 Å². The number of hydrogen-bond donors (Lipinski definition) is 2. The van der Waals surface area contributed by atoms with Crippen LogP contribution >= 0.6 is 0 Å². The number of rotatable bonds is 7. The minimum Gasteiger partial charge on any atom is -0.317 e. The maximum absolute atomic E-state index is 15.7. The molecule has 1 aliphatic carbocycles. The highest BCUT2D eigenvalue weighted by molar-refractivity contribution is 7.92. The van der Waals surface area contributed by atoms with Crippen molar-refractivity contribution in [2.24, 2.45) is 5.41 Å². The Morgan fingerprint density at radius 1 is 1.08 bits per heavy atom. The first kappa shape index (κ1) is 24.9. The monoisotopic (exact) mass is 511 g/mol. The molecule has 192 valence electrons. The van der Waals surface area contributed by atoms with E-state index < -0.39 is 15.8 Å². The van der Waals surface area contributed by atoms with Crippen LogP contribution in [0, 0.1) is 11.2 Å². The molecule has 2 N–H and O–H groups in total. The quantitative estimate of drug-likeness (QED) is 0.444. The number of pyridine rings is 1. The van der Waals surface area contributed by atoms with Gasteiger partial charge in [0.25, 0.3) is 0 Å². The average Bonchev–Trinajstić information content (AvgIpc) is 3.32. The van der Waals surface area contributed by atoms with Gasteiger partial charge in [-0.3, -0.25) is 14.4 Å². The average molecular weight is 512 g/mol. The number of anilines is 1. The summed E-state index contributed by atoms with van der Waals surface area (Å²) < 4.78 is 44.8. The number of nitrogens with one attached hydrogen (secondary N) is 2. The summed E-state index contributed by atoms with van der Waals surface area (Å²) in [4.78, 5) is 4.12. The van der Waals surface area contributed by atoms with Gasteiger partial charge in [-0.25, -0.2) is 12.8 Å². The van der Waals surface area contributed by atoms with Crippen LogP contribution in [0.5, 0.6) is 0 Å². The van der Waals surface area contributed by atoms with E-state index in [4.69, 9.17) is 5.10 Å². The molecule has 36 heavy (non-hydrogen) atoms. The van der Waals surface area contributed by atoms with Gasteiger partial charge >= 0.3 is 0 Å². The molecule has 1 aromatic carbocycles. The Morgan fingerprint density at radius 2 is 1.81 bits per heavy atom. The van der Waals surface area contributed by atoms with Gasteiger partial charge in [0.15, 0.2) is 5.82 Å². The normalized spacial score (nSPS) is 18.4. The Morgan fingerprint density at radius 3 is 2.50 bits per heavy atom. The summed E-state index contributed by atoms with van der Waals surface area (Å²) in [6.07, 6.45) is 12.7. The number of piperidine rings is 1. The van der Waals surface area contributed by atoms with Crippen LogP contribution in [0.1, 0.15) is 57.9 Å². The van der Waals surface area contributed by atoms with E-state index in [-0.39, 0.29) is 17.5 Å². The van der Waals surface area contributed by atoms with Gasteiger partial charge in [0.2, 0.25) is 10.0 Å². The van der Waals surface area contributed by atoms with Crippen molar-refractivity contribution in [2.75, 3.05) is 23.6 Å². The highest BCUT2D eigenvalue weighted by atomic mass is 32.2. The lowest BCUT2D eigenvalue weighted by atomic mass is 9.67. The Bertz CT molecular complexity index is 1290. The highest BCUT2D eigenvalue weighted by Gasteiger charge is 2.37. The molecule has 0 unspecified atom stereocenters. The maximum Gasteiger partial charge on any atom is 0.232 e. The smallest absolute Gasteiger partial charge is 0.232 e. The van der Waals surface area contributed by atoms with Crippen LogP contribution in [0.15, 0.2) is 48.9 Å². The van der Waals surface area contributed by atoms with Gasteiger partial charge < -0.3 is 5.32 Å². The first-order valence-corrected chi connectivity index (χ1v) is 14.5. The summed E-state index contributed by atoms with van der Waals surface area (Å²) in [5.41, 5.74) is 2.90. The molecule has 0 amide bonds. The van der Waals surface area contributed by atoms with Gasteiger partial charge in [-0.2, -0.15) is 5.10 Å². The summed E-state index contributed by atoms with van der Waals surface area (Å²) in [5, 5.41) is 8.44. The van der Waals surface area contributed by atoms with Gasteiger partial charge in [0.1, 0.15) is 5.69 Å². The van der Waals surface area contributed by atoms with Gasteiger partial charge in [-0.05, 0) is 81.6 Å². The van der Waals surface area contributed by atoms with Crippen molar-refractivity contribution >= 4 is 15.7 Å². The molecular weight excluding hydrogens is 477 g/mol. The Balaban J connectivity index is 1.49. The van der Waals surface area contributed by atoms with Gasteiger partial charge in [-0.15, -0.1) is 0 Å². The first-order valence-electron chi connectivity index (χ1n) is 12.9. The van der Waals surface area contributed by atoms with Crippen molar-refractivity contribution in [3.05, 3.63) is 54.7 Å². The predicted octanol–water partition coefficient (Wildman–Crippen LogP) is 5.39. The van der Waals surface area contributed by atoms with E-state index in [0.29, 0.717) is 28.7 Å². The van der Waals surface area contributed by atoms with Crippen molar-refractivity contribution in [2.45, 2.75) is 57.9 Å². The number of benzene rings is 1. The van der Waals surface area contributed by atoms with E-state index in [9.17, 15) is 8.42 Å². The molecule has 3 aromatic rings. The maximum atomic E-state index is 15.7. The molecular formula is C27H34FN5O2S. The van der Waals surface area contributed by atoms with Crippen molar-refractivity contribution in [3.8, 4) is 22.4 Å². The second-order valence-corrected chi connectivity index (χ2v) is 12.0. The lowest BCUT2D eigenvalue weighted by Gasteiger charge is -2.43. The molecule has 1 spiro atoms. The molecule has 1 aliphatic heterocycles. The third kappa shape index (κ3) is 5.18. The topological polar surface area (TPSA) is 88.9 Å². The van der Waals surface area contributed by atoms with Crippen molar-refractivity contribution < 1.29 is 12.8 Å². The van der Waals surface area contributed by atoms with E-state index in [2.05, 4.69) is 15.0 Å². The number of sulfonamides is 1. The Labute approximate surface area is 212 Å². The molecule has 2 aliphatic rings. The standard InChI is InChI=1S/C27H34FN5O2S/c1-2-18-36(34,35)32-24-5-3-4-22(25(24)28)23-19-33(31-26(23)20-8-14-29-15-9-20)21-6-10-27(11-7-21)12-16-30-17-13-27/h3-5,8-9,14-15,19,21,30,32H,2,6-7,10-13,16-18H2,1H3. The van der Waals surface area contributed by atoms with Crippen molar-refractivity contribution in [3.63, 3.8) is 0 Å². The Kier molecular flexibility index (Phi) is 7.12. The molecule has 2 fully saturated rings. The van der Waals surface area contributed by atoms with Crippen molar-refractivity contribution in [1.82, 2.24) is 20.1 Å². The van der Waals surface area contributed by atoms with Crippen LogP contribution in [0.2, 0.25) is 0 Å². The summed E-state index contributed by atoms with van der Waals surface area (Å²) in [5.74, 6) is -0.653. The molecule has 1 saturated heterocycles. The number of hydrogen-bond acceptors (Lipinski definition) is 5. The van der Waals surface area contributed by atoms with Crippen LogP contribution in [0.3, 0.4) is 0 Å². The molecule has 9 heteroatoms. The molecule has 0 radical (unpaired) electrons. The van der Waals surface area contributed by atoms with E-state index in [1.807, 2.05) is 23.0 Å². The van der Waals surface area contributed by atoms with Crippen LogP contribution in [-0.2, 0) is 10.0 Å². The Hall–Kier alpha value is -2.78. The number of aromatic nitrogens is 3. The van der Waals surface area contributed by atoms with E-state index in [1.54, 1.807) is 31.5 Å². The lowest BCUT2D eigenvalue weighted by molar-refractivity contribution is 0.104. The summed E-state index contributed by atoms with van der Waals surface area (Å²) in [6.45, 7) is 3.97. The first-order chi connectivity index (χ1) is 17.4. The SMILES string of the molecule is CCCS(=O)(=O)Nc1cccc(-c2cn(C3CCC4(CCNCC4)CC3)nc2-c2ccncc2)c1F. The second kappa shape index (κ2) is 10.3. The molecule has 2 aromatic heterocycles. The lowest BCUT2D eigenvalue weighted by Crippen LogP contribution is -2.39. The van der Waals surface area contributed by atoms with E-state index >= 15 is 4.39 Å². The summed E-state index contributed by atoms with van der Waals surface area (Å²) in [7, 11) is -3.62. The fourth-order valence-electron chi connectivity index (χ4n) is 5.74. The van der Waals surface area contributed by atoms with Crippen LogP contribution in [0.4, 0.5) is 10.1 Å². The van der Waals surface area contributed by atoms with Crippen molar-refractivity contribution in [1.29, 1.82) is 0 Å². The largest absolute Gasteiger partial charge is 0.317 e. The van der Waals surface area contributed by atoms with Crippen LogP contribution in [0.25, 0.3) is 22.4 Å². The van der Waals surface area contributed by atoms with Gasteiger partial charge in [-0.1, -0.05) is 19.1 Å². The highest BCUT2D eigenvalue weighted by Crippen LogP contribution is 2.47. The molecule has 1 saturated carbocycles. The van der Waals surface area contributed by atoms with Gasteiger partial charge in [0.05, 0.1) is 17.5 Å². The molecule has 0 atom stereocenters. The zero-order chi connectivity index (χ0) is 25.2. The predicted molar refractivity (Wildman–Crippen MR) is 141 cm³/mol. The number of nitrogens with zero attached hydrogens (tertiary/aromatic N) is 3.